The first-order valence-corrected chi connectivity index (χ1v) is 7.46. The number of amidine groups is 1. The molecule has 1 heterocycles. The smallest absolute Gasteiger partial charge is 0.229 e. The fourth-order valence-electron chi connectivity index (χ4n) is 2.82. The molecule has 0 amide bonds. The highest BCUT2D eigenvalue weighted by molar-refractivity contribution is 8.14. The first-order chi connectivity index (χ1) is 9.90. The third-order valence-electron chi connectivity index (χ3n) is 3.88. The van der Waals surface area contributed by atoms with Gasteiger partial charge in [-0.2, -0.15) is 0 Å². The van der Waals surface area contributed by atoms with E-state index >= 15 is 0 Å². The van der Waals surface area contributed by atoms with E-state index in [0.29, 0.717) is 39.1 Å². The number of aryl methyl sites for hydroxylation is 1. The Bertz CT molecular complexity index is 565. The van der Waals surface area contributed by atoms with Crippen molar-refractivity contribution in [2.24, 2.45) is 22.6 Å². The zero-order valence-corrected chi connectivity index (χ0v) is 12.6. The maximum atomic E-state index is 14.2. The molecule has 116 valence electrons. The lowest BCUT2D eigenvalue weighted by molar-refractivity contribution is 0.295. The number of aliphatic imine (C=N–C) groups is 1. The Kier molecular flexibility index (Phi) is 4.70. The first-order valence-electron chi connectivity index (χ1n) is 6.58. The third kappa shape index (κ3) is 3.12. The van der Waals surface area contributed by atoms with Gasteiger partial charge in [0.1, 0.15) is 5.82 Å². The Morgan fingerprint density at radius 1 is 1.29 bits per heavy atom. The van der Waals surface area contributed by atoms with Crippen molar-refractivity contribution in [1.29, 1.82) is 0 Å². The van der Waals surface area contributed by atoms with Crippen molar-refractivity contribution in [2.45, 2.75) is 25.1 Å². The molecule has 4 N–H and O–H groups in total. The molecule has 2 aliphatic rings. The summed E-state index contributed by atoms with van der Waals surface area (Å²) in [5.74, 6) is 0.722. The normalized spacial score (nSPS) is 29.9. The molecule has 0 saturated heterocycles. The second kappa shape index (κ2) is 6.17. The van der Waals surface area contributed by atoms with Crippen LogP contribution in [0.2, 0.25) is 0 Å². The van der Waals surface area contributed by atoms with Crippen molar-refractivity contribution in [2.75, 3.05) is 12.7 Å². The summed E-state index contributed by atoms with van der Waals surface area (Å²) in [5.41, 5.74) is 13.4. The van der Waals surface area contributed by atoms with Gasteiger partial charge in [0, 0.05) is 22.4 Å². The SMILES string of the molecule is Cc1cc(N)cc(C2N=C(N)SC3C(C)C23)c1F.FCF. The van der Waals surface area contributed by atoms with E-state index in [-0.39, 0.29) is 11.9 Å². The summed E-state index contributed by atoms with van der Waals surface area (Å²) >= 11 is 1.61. The zero-order valence-electron chi connectivity index (χ0n) is 11.8. The van der Waals surface area contributed by atoms with Crippen molar-refractivity contribution in [3.8, 4) is 0 Å². The minimum atomic E-state index is -1.75. The van der Waals surface area contributed by atoms with Crippen LogP contribution in [-0.4, -0.2) is 17.3 Å². The molecule has 1 aromatic carbocycles. The highest BCUT2D eigenvalue weighted by atomic mass is 32.2. The molecule has 0 radical (unpaired) electrons. The molecule has 0 spiro atoms. The van der Waals surface area contributed by atoms with E-state index in [1.165, 1.54) is 0 Å². The summed E-state index contributed by atoms with van der Waals surface area (Å²) in [5, 5.41) is 1.04. The molecule has 3 rings (SSSR count). The van der Waals surface area contributed by atoms with Crippen LogP contribution in [0.1, 0.15) is 24.1 Å². The number of anilines is 1. The number of benzene rings is 1. The van der Waals surface area contributed by atoms with E-state index < -0.39 is 6.93 Å². The van der Waals surface area contributed by atoms with Crippen LogP contribution < -0.4 is 11.5 Å². The van der Waals surface area contributed by atoms with Gasteiger partial charge in [0.2, 0.25) is 6.93 Å². The van der Waals surface area contributed by atoms with Crippen molar-refractivity contribution >= 4 is 22.6 Å². The Morgan fingerprint density at radius 2 is 1.90 bits per heavy atom. The highest BCUT2D eigenvalue weighted by Gasteiger charge is 2.55. The van der Waals surface area contributed by atoms with Gasteiger partial charge in [-0.05, 0) is 30.5 Å². The number of alkyl halides is 2. The number of thioether (sulfide) groups is 1. The minimum Gasteiger partial charge on any atom is -0.399 e. The Morgan fingerprint density at radius 3 is 2.52 bits per heavy atom. The average Bonchev–Trinajstić information content (AvgIpc) is 3.04. The summed E-state index contributed by atoms with van der Waals surface area (Å²) in [6, 6.07) is 3.17. The van der Waals surface area contributed by atoms with Crippen LogP contribution in [0.25, 0.3) is 0 Å². The minimum absolute atomic E-state index is 0.173. The zero-order chi connectivity index (χ0) is 15.7. The molecule has 21 heavy (non-hydrogen) atoms. The monoisotopic (exact) mass is 317 g/mol. The molecule has 1 saturated carbocycles. The highest BCUT2D eigenvalue weighted by Crippen LogP contribution is 2.58. The lowest BCUT2D eigenvalue weighted by Gasteiger charge is -2.19. The van der Waals surface area contributed by atoms with E-state index in [1.54, 1.807) is 30.8 Å². The van der Waals surface area contributed by atoms with Crippen LogP contribution in [0, 0.1) is 24.6 Å². The number of nitrogens with two attached hydrogens (primary N) is 2. The van der Waals surface area contributed by atoms with Crippen molar-refractivity contribution in [1.82, 2.24) is 0 Å². The Balaban J connectivity index is 0.000000497. The number of hydrogen-bond donors (Lipinski definition) is 2. The molecule has 4 atom stereocenters. The molecule has 1 aliphatic carbocycles. The predicted molar refractivity (Wildman–Crippen MR) is 81.0 cm³/mol. The van der Waals surface area contributed by atoms with E-state index in [2.05, 4.69) is 11.9 Å². The van der Waals surface area contributed by atoms with Crippen molar-refractivity contribution in [3.63, 3.8) is 0 Å². The van der Waals surface area contributed by atoms with Crippen LogP contribution in [0.4, 0.5) is 18.9 Å². The van der Waals surface area contributed by atoms with E-state index in [4.69, 9.17) is 11.5 Å². The van der Waals surface area contributed by atoms with Gasteiger partial charge < -0.3 is 11.5 Å². The lowest BCUT2D eigenvalue weighted by Crippen LogP contribution is -2.18. The molecule has 0 aromatic heterocycles. The van der Waals surface area contributed by atoms with Gasteiger partial charge in [-0.25, -0.2) is 13.2 Å². The van der Waals surface area contributed by atoms with E-state index in [0.717, 1.165) is 0 Å². The molecule has 1 fully saturated rings. The molecule has 3 nitrogen and oxygen atoms in total. The fraction of sp³-hybridized carbons (Fsp3) is 0.500. The molecular formula is C14H18F3N3S. The van der Waals surface area contributed by atoms with Gasteiger partial charge in [0.25, 0.3) is 0 Å². The van der Waals surface area contributed by atoms with Gasteiger partial charge in [-0.3, -0.25) is 4.99 Å². The molecule has 1 aromatic rings. The fourth-order valence-corrected chi connectivity index (χ4v) is 4.13. The van der Waals surface area contributed by atoms with Crippen LogP contribution in [-0.2, 0) is 0 Å². The largest absolute Gasteiger partial charge is 0.399 e. The summed E-state index contributed by atoms with van der Waals surface area (Å²) in [4.78, 5) is 4.43. The standard InChI is InChI=1S/C13H16FN3S.CH2F2/c1-5-3-7(15)4-8(10(5)14)11-9-6(2)12(9)18-13(16)17-11;2-1-3/h3-4,6,9,11-12H,15H2,1-2H3,(H2,16,17);1H2. The Labute approximate surface area is 126 Å². The number of halogens is 3. The van der Waals surface area contributed by atoms with Gasteiger partial charge >= 0.3 is 0 Å². The second-order valence-corrected chi connectivity index (χ2v) is 6.47. The first kappa shape index (κ1) is 16.0. The average molecular weight is 317 g/mol. The topological polar surface area (TPSA) is 64.4 Å². The van der Waals surface area contributed by atoms with Gasteiger partial charge in [-0.1, -0.05) is 18.7 Å². The van der Waals surface area contributed by atoms with Crippen LogP contribution in [0.5, 0.6) is 0 Å². The summed E-state index contributed by atoms with van der Waals surface area (Å²) < 4.78 is 33.5. The van der Waals surface area contributed by atoms with Gasteiger partial charge in [-0.15, -0.1) is 0 Å². The molecule has 4 unspecified atom stereocenters. The summed E-state index contributed by atoms with van der Waals surface area (Å²) in [7, 11) is 0. The van der Waals surface area contributed by atoms with Crippen LogP contribution in [0.15, 0.2) is 17.1 Å². The van der Waals surface area contributed by atoms with Crippen molar-refractivity contribution in [3.05, 3.63) is 29.1 Å². The molecule has 7 heteroatoms. The predicted octanol–water partition coefficient (Wildman–Crippen LogP) is 3.34. The number of rotatable bonds is 1. The number of hydrogen-bond acceptors (Lipinski definition) is 4. The van der Waals surface area contributed by atoms with E-state index in [1.807, 2.05) is 0 Å². The number of nitrogen functional groups attached to an aromatic ring is 1. The maximum absolute atomic E-state index is 14.2. The van der Waals surface area contributed by atoms with Crippen molar-refractivity contribution < 1.29 is 13.2 Å². The summed E-state index contributed by atoms with van der Waals surface area (Å²) in [6.07, 6.45) is 0. The number of fused-ring (bicyclic) bond motifs is 1. The van der Waals surface area contributed by atoms with E-state index in [9.17, 15) is 13.2 Å². The molecule has 0 bridgehead atoms. The summed E-state index contributed by atoms with van der Waals surface area (Å²) in [6.45, 7) is 2.15. The van der Waals surface area contributed by atoms with Gasteiger partial charge in [0.05, 0.1) is 6.04 Å². The van der Waals surface area contributed by atoms with Gasteiger partial charge in [0.15, 0.2) is 5.17 Å². The third-order valence-corrected chi connectivity index (χ3v) is 5.24. The lowest BCUT2D eigenvalue weighted by atomic mass is 9.98. The quantitative estimate of drug-likeness (QED) is 0.781. The maximum Gasteiger partial charge on any atom is 0.229 e. The molecule has 1 aliphatic heterocycles. The Hall–Kier alpha value is -1.37. The number of nitrogens with zero attached hydrogens (tertiary/aromatic N) is 1. The molecular weight excluding hydrogens is 299 g/mol. The second-order valence-electron chi connectivity index (χ2n) is 5.27. The van der Waals surface area contributed by atoms with Crippen LogP contribution >= 0.6 is 11.8 Å². The van der Waals surface area contributed by atoms with Crippen LogP contribution in [0.3, 0.4) is 0 Å².